The molecular weight excluding hydrogens is 190 g/mol. The Kier molecular flexibility index (Phi) is 6.32. The lowest BCUT2D eigenvalue weighted by atomic mass is 10.1. The molecule has 0 aliphatic rings. The van der Waals surface area contributed by atoms with Crippen molar-refractivity contribution in [3.8, 4) is 0 Å². The first-order chi connectivity index (χ1) is 6.89. The molecule has 0 heterocycles. The minimum Gasteiger partial charge on any atom is -0.337 e. The molecule has 0 bridgehead atoms. The number of rotatable bonds is 5. The van der Waals surface area contributed by atoms with Crippen LogP contribution in [0.4, 0.5) is 4.79 Å². The highest BCUT2D eigenvalue weighted by Crippen LogP contribution is 1.97. The van der Waals surface area contributed by atoms with Crippen LogP contribution in [0.15, 0.2) is 0 Å². The molecule has 90 valence electrons. The maximum Gasteiger partial charge on any atom is 0.315 e. The van der Waals surface area contributed by atoms with Gasteiger partial charge in [-0.1, -0.05) is 13.8 Å². The van der Waals surface area contributed by atoms with Gasteiger partial charge in [-0.25, -0.2) is 4.79 Å². The van der Waals surface area contributed by atoms with Crippen molar-refractivity contribution in [1.29, 1.82) is 0 Å². The summed E-state index contributed by atoms with van der Waals surface area (Å²) in [5.74, 6) is 0. The van der Waals surface area contributed by atoms with Gasteiger partial charge in [-0.05, 0) is 33.9 Å². The molecule has 0 radical (unpaired) electrons. The van der Waals surface area contributed by atoms with Crippen LogP contribution in [-0.4, -0.2) is 42.6 Å². The first-order valence-corrected chi connectivity index (χ1v) is 5.67. The van der Waals surface area contributed by atoms with Gasteiger partial charge in [0.25, 0.3) is 0 Å². The Balaban J connectivity index is 3.64. The first kappa shape index (κ1) is 14.2. The second-order valence-corrected chi connectivity index (χ2v) is 4.66. The van der Waals surface area contributed by atoms with E-state index in [0.29, 0.717) is 6.54 Å². The molecular formula is C11H25N3O. The molecule has 4 nitrogen and oxygen atoms in total. The number of nitrogens with one attached hydrogen (secondary N) is 2. The fraction of sp³-hybridized carbons (Fsp3) is 0.909. The fourth-order valence-electron chi connectivity index (χ4n) is 1.25. The maximum atomic E-state index is 11.4. The van der Waals surface area contributed by atoms with Crippen molar-refractivity contribution in [2.24, 2.45) is 0 Å². The highest BCUT2D eigenvalue weighted by atomic mass is 16.2. The zero-order chi connectivity index (χ0) is 11.9. The van der Waals surface area contributed by atoms with E-state index in [4.69, 9.17) is 0 Å². The summed E-state index contributed by atoms with van der Waals surface area (Å²) >= 11 is 0. The average molecular weight is 215 g/mol. The van der Waals surface area contributed by atoms with Gasteiger partial charge in [0.05, 0.1) is 0 Å². The van der Waals surface area contributed by atoms with Gasteiger partial charge in [0, 0.05) is 18.6 Å². The molecule has 0 saturated carbocycles. The number of amides is 2. The van der Waals surface area contributed by atoms with Gasteiger partial charge in [0.2, 0.25) is 0 Å². The molecule has 0 saturated heterocycles. The van der Waals surface area contributed by atoms with E-state index in [2.05, 4.69) is 29.4 Å². The third kappa shape index (κ3) is 8.24. The molecule has 0 aliphatic carbocycles. The molecule has 0 aliphatic heterocycles. The Bertz CT molecular complexity index is 183. The maximum absolute atomic E-state index is 11.4. The number of hydrogen-bond donors (Lipinski definition) is 2. The Morgan fingerprint density at radius 2 is 1.73 bits per heavy atom. The van der Waals surface area contributed by atoms with E-state index in [1.54, 1.807) is 0 Å². The standard InChI is InChI=1S/C11H25N3O/c1-6-14(7-2)9-8-12-10(15)13-11(3,4)5/h6-9H2,1-5H3,(H2,12,13,15). The summed E-state index contributed by atoms with van der Waals surface area (Å²) in [5.41, 5.74) is -0.167. The van der Waals surface area contributed by atoms with Crippen LogP contribution in [0.2, 0.25) is 0 Å². The summed E-state index contributed by atoms with van der Waals surface area (Å²) in [5, 5.41) is 5.71. The second kappa shape index (κ2) is 6.67. The van der Waals surface area contributed by atoms with Crippen molar-refractivity contribution in [3.63, 3.8) is 0 Å². The van der Waals surface area contributed by atoms with Gasteiger partial charge in [-0.15, -0.1) is 0 Å². The average Bonchev–Trinajstić information content (AvgIpc) is 2.09. The Labute approximate surface area is 93.4 Å². The molecule has 0 atom stereocenters. The van der Waals surface area contributed by atoms with Crippen molar-refractivity contribution in [3.05, 3.63) is 0 Å². The summed E-state index contributed by atoms with van der Waals surface area (Å²) in [6, 6.07) is -0.0883. The van der Waals surface area contributed by atoms with Gasteiger partial charge >= 0.3 is 6.03 Å². The van der Waals surface area contributed by atoms with Crippen molar-refractivity contribution in [2.75, 3.05) is 26.2 Å². The molecule has 2 amide bonds. The van der Waals surface area contributed by atoms with E-state index in [-0.39, 0.29) is 11.6 Å². The Hall–Kier alpha value is -0.770. The van der Waals surface area contributed by atoms with Gasteiger partial charge in [0.15, 0.2) is 0 Å². The van der Waals surface area contributed by atoms with E-state index in [1.807, 2.05) is 20.8 Å². The third-order valence-corrected chi connectivity index (χ3v) is 2.10. The highest BCUT2D eigenvalue weighted by Gasteiger charge is 2.12. The van der Waals surface area contributed by atoms with Crippen LogP contribution in [0.1, 0.15) is 34.6 Å². The van der Waals surface area contributed by atoms with Crippen LogP contribution in [0.5, 0.6) is 0 Å². The molecule has 0 aromatic heterocycles. The van der Waals surface area contributed by atoms with E-state index in [9.17, 15) is 4.79 Å². The number of nitrogens with zero attached hydrogens (tertiary/aromatic N) is 1. The minimum atomic E-state index is -0.167. The molecule has 15 heavy (non-hydrogen) atoms. The molecule has 0 spiro atoms. The van der Waals surface area contributed by atoms with Gasteiger partial charge in [-0.2, -0.15) is 0 Å². The summed E-state index contributed by atoms with van der Waals surface area (Å²) in [4.78, 5) is 13.7. The van der Waals surface area contributed by atoms with Crippen LogP contribution < -0.4 is 10.6 Å². The topological polar surface area (TPSA) is 44.4 Å². The van der Waals surface area contributed by atoms with E-state index < -0.39 is 0 Å². The molecule has 2 N–H and O–H groups in total. The Morgan fingerprint density at radius 3 is 2.13 bits per heavy atom. The normalized spacial score (nSPS) is 11.6. The monoisotopic (exact) mass is 215 g/mol. The molecule has 0 aromatic rings. The van der Waals surface area contributed by atoms with Crippen LogP contribution >= 0.6 is 0 Å². The van der Waals surface area contributed by atoms with E-state index in [1.165, 1.54) is 0 Å². The number of likely N-dealkylation sites (N-methyl/N-ethyl adjacent to an activating group) is 1. The van der Waals surface area contributed by atoms with Gasteiger partial charge in [0.1, 0.15) is 0 Å². The first-order valence-electron chi connectivity index (χ1n) is 5.67. The van der Waals surface area contributed by atoms with Crippen LogP contribution in [0.3, 0.4) is 0 Å². The largest absolute Gasteiger partial charge is 0.337 e. The zero-order valence-electron chi connectivity index (χ0n) is 10.7. The van der Waals surface area contributed by atoms with Crippen molar-refractivity contribution < 1.29 is 4.79 Å². The molecule has 0 aromatic carbocycles. The second-order valence-electron chi connectivity index (χ2n) is 4.66. The van der Waals surface area contributed by atoms with Crippen molar-refractivity contribution in [1.82, 2.24) is 15.5 Å². The summed E-state index contributed by atoms with van der Waals surface area (Å²) in [6.07, 6.45) is 0. The summed E-state index contributed by atoms with van der Waals surface area (Å²) in [6.45, 7) is 13.8. The summed E-state index contributed by atoms with van der Waals surface area (Å²) in [7, 11) is 0. The fourth-order valence-corrected chi connectivity index (χ4v) is 1.25. The van der Waals surface area contributed by atoms with E-state index >= 15 is 0 Å². The van der Waals surface area contributed by atoms with Gasteiger partial charge in [-0.3, -0.25) is 0 Å². The van der Waals surface area contributed by atoms with E-state index in [0.717, 1.165) is 19.6 Å². The predicted octanol–water partition coefficient (Wildman–Crippen LogP) is 1.43. The zero-order valence-corrected chi connectivity index (χ0v) is 10.7. The molecule has 0 rings (SSSR count). The molecule has 0 fully saturated rings. The van der Waals surface area contributed by atoms with Crippen LogP contribution in [-0.2, 0) is 0 Å². The quantitative estimate of drug-likeness (QED) is 0.728. The smallest absolute Gasteiger partial charge is 0.315 e. The predicted molar refractivity (Wildman–Crippen MR) is 64.1 cm³/mol. The highest BCUT2D eigenvalue weighted by molar-refractivity contribution is 5.74. The van der Waals surface area contributed by atoms with Crippen LogP contribution in [0, 0.1) is 0 Å². The lowest BCUT2D eigenvalue weighted by molar-refractivity contribution is 0.228. The lowest BCUT2D eigenvalue weighted by Gasteiger charge is -2.22. The van der Waals surface area contributed by atoms with Crippen LogP contribution in [0.25, 0.3) is 0 Å². The lowest BCUT2D eigenvalue weighted by Crippen LogP contribution is -2.48. The molecule has 0 unspecified atom stereocenters. The number of hydrogen-bond acceptors (Lipinski definition) is 2. The molecule has 4 heteroatoms. The van der Waals surface area contributed by atoms with Crippen molar-refractivity contribution >= 4 is 6.03 Å². The number of urea groups is 1. The minimum absolute atomic E-state index is 0.0883. The number of carbonyl (C=O) groups is 1. The summed E-state index contributed by atoms with van der Waals surface area (Å²) < 4.78 is 0. The Morgan fingerprint density at radius 1 is 1.20 bits per heavy atom. The van der Waals surface area contributed by atoms with Crippen molar-refractivity contribution in [2.45, 2.75) is 40.2 Å². The SMILES string of the molecule is CCN(CC)CCNC(=O)NC(C)(C)C. The number of carbonyl (C=O) groups excluding carboxylic acids is 1. The van der Waals surface area contributed by atoms with Gasteiger partial charge < -0.3 is 15.5 Å². The third-order valence-electron chi connectivity index (χ3n) is 2.10.